The van der Waals surface area contributed by atoms with E-state index in [0.717, 1.165) is 12.1 Å². The largest absolute Gasteiger partial charge is 0.464 e. The summed E-state index contributed by atoms with van der Waals surface area (Å²) in [6.45, 7) is 0.0342. The molecule has 1 atom stereocenters. The summed E-state index contributed by atoms with van der Waals surface area (Å²) in [5.74, 6) is -0.248. The van der Waals surface area contributed by atoms with Gasteiger partial charge in [-0.2, -0.15) is 13.2 Å². The van der Waals surface area contributed by atoms with E-state index >= 15 is 0 Å². The molecule has 114 valence electrons. The van der Waals surface area contributed by atoms with Crippen LogP contribution in [0, 0.1) is 0 Å². The first-order valence-corrected chi connectivity index (χ1v) is 6.18. The summed E-state index contributed by atoms with van der Waals surface area (Å²) in [4.78, 5) is 12.2. The fourth-order valence-corrected chi connectivity index (χ4v) is 2.10. The minimum absolute atomic E-state index is 0.0342. The van der Waals surface area contributed by atoms with Gasteiger partial charge < -0.3 is 14.8 Å². The van der Waals surface area contributed by atoms with Crippen molar-refractivity contribution in [1.82, 2.24) is 5.32 Å². The number of carbonyl (C=O) groups excluding carboxylic acids is 1. The third kappa shape index (κ3) is 3.02. The highest BCUT2D eigenvalue weighted by molar-refractivity contribution is 6.25. The van der Waals surface area contributed by atoms with E-state index in [4.69, 9.17) is 9.47 Å². The molecule has 7 heteroatoms. The summed E-state index contributed by atoms with van der Waals surface area (Å²) in [6.07, 6.45) is -5.31. The second kappa shape index (κ2) is 5.77. The van der Waals surface area contributed by atoms with Crippen molar-refractivity contribution < 1.29 is 27.4 Å². The Morgan fingerprint density at radius 3 is 2.67 bits per heavy atom. The number of ketones is 1. The van der Waals surface area contributed by atoms with E-state index in [1.165, 1.54) is 26.3 Å². The van der Waals surface area contributed by atoms with E-state index in [9.17, 15) is 18.0 Å². The third-order valence-electron chi connectivity index (χ3n) is 3.05. The van der Waals surface area contributed by atoms with Crippen LogP contribution in [0.15, 0.2) is 30.1 Å². The molecule has 1 unspecified atom stereocenters. The molecule has 2 rings (SSSR count). The first kappa shape index (κ1) is 15.4. The number of Topliss-reactive ketones (excluding diaryl/α,β-unsaturated/α-hetero) is 1. The minimum Gasteiger partial charge on any atom is -0.464 e. The molecule has 21 heavy (non-hydrogen) atoms. The van der Waals surface area contributed by atoms with Crippen LogP contribution in [-0.2, 0) is 20.4 Å². The summed E-state index contributed by atoms with van der Waals surface area (Å²) < 4.78 is 48.5. The van der Waals surface area contributed by atoms with Crippen molar-refractivity contribution in [3.05, 3.63) is 41.3 Å². The Kier molecular flexibility index (Phi) is 4.22. The number of methoxy groups -OCH3 is 1. The number of rotatable bonds is 4. The molecule has 0 bridgehead atoms. The lowest BCUT2D eigenvalue weighted by atomic mass is 9.99. The van der Waals surface area contributed by atoms with Gasteiger partial charge in [-0.3, -0.25) is 4.79 Å². The standard InChI is InChI=1S/C14H14F3NO3/c1-18-13-11(12(19)10(21-13)7-20-2)8-4-3-5-9(6-8)14(15,16)17/h3-6,10,18H,7H2,1-2H3. The van der Waals surface area contributed by atoms with Crippen molar-refractivity contribution in [1.29, 1.82) is 0 Å². The molecule has 0 fully saturated rings. The highest BCUT2D eigenvalue weighted by Crippen LogP contribution is 2.34. The summed E-state index contributed by atoms with van der Waals surface area (Å²) >= 11 is 0. The lowest BCUT2D eigenvalue weighted by Crippen LogP contribution is -2.24. The van der Waals surface area contributed by atoms with E-state index in [1.54, 1.807) is 0 Å². The van der Waals surface area contributed by atoms with Gasteiger partial charge in [0.05, 0.1) is 17.7 Å². The Labute approximate surface area is 119 Å². The lowest BCUT2D eigenvalue weighted by Gasteiger charge is -2.09. The Hall–Kier alpha value is -2.02. The first-order chi connectivity index (χ1) is 9.88. The molecular weight excluding hydrogens is 287 g/mol. The maximum atomic E-state index is 12.8. The molecule has 1 aliphatic rings. The van der Waals surface area contributed by atoms with Gasteiger partial charge in [0.25, 0.3) is 0 Å². The molecule has 1 aromatic rings. The predicted molar refractivity (Wildman–Crippen MR) is 69.2 cm³/mol. The van der Waals surface area contributed by atoms with Crippen LogP contribution in [0.1, 0.15) is 11.1 Å². The number of alkyl halides is 3. The van der Waals surface area contributed by atoms with Gasteiger partial charge in [0.15, 0.2) is 12.0 Å². The fraction of sp³-hybridized carbons (Fsp3) is 0.357. The number of hydrogen-bond donors (Lipinski definition) is 1. The summed E-state index contributed by atoms with van der Waals surface area (Å²) in [5, 5.41) is 2.69. The van der Waals surface area contributed by atoms with Crippen molar-refractivity contribution >= 4 is 11.4 Å². The van der Waals surface area contributed by atoms with E-state index < -0.39 is 23.6 Å². The monoisotopic (exact) mass is 301 g/mol. The summed E-state index contributed by atoms with van der Waals surface area (Å²) in [5.41, 5.74) is -0.547. The second-order valence-electron chi connectivity index (χ2n) is 4.46. The van der Waals surface area contributed by atoms with E-state index in [1.807, 2.05) is 0 Å². The summed E-state index contributed by atoms with van der Waals surface area (Å²) in [7, 11) is 2.95. The van der Waals surface area contributed by atoms with E-state index in [0.29, 0.717) is 0 Å². The average molecular weight is 301 g/mol. The molecule has 0 amide bonds. The Morgan fingerprint density at radius 2 is 2.10 bits per heavy atom. The normalized spacial score (nSPS) is 18.9. The van der Waals surface area contributed by atoms with Gasteiger partial charge in [-0.05, 0) is 17.7 Å². The van der Waals surface area contributed by atoms with Crippen molar-refractivity contribution in [3.63, 3.8) is 0 Å². The SMILES string of the molecule is CNC1=C(c2cccc(C(F)(F)F)c2)C(=O)C(COC)O1. The van der Waals surface area contributed by atoms with Crippen LogP contribution in [0.5, 0.6) is 0 Å². The Balaban J connectivity index is 2.42. The minimum atomic E-state index is -4.47. The van der Waals surface area contributed by atoms with Gasteiger partial charge in [0.2, 0.25) is 5.78 Å². The number of ether oxygens (including phenoxy) is 2. The van der Waals surface area contributed by atoms with E-state index in [2.05, 4.69) is 5.32 Å². The summed E-state index contributed by atoms with van der Waals surface area (Å²) in [6, 6.07) is 4.59. The number of benzene rings is 1. The van der Waals surface area contributed by atoms with Crippen molar-refractivity contribution in [2.24, 2.45) is 0 Å². The molecular formula is C14H14F3NO3. The van der Waals surface area contributed by atoms with Crippen LogP contribution in [0.3, 0.4) is 0 Å². The Morgan fingerprint density at radius 1 is 1.38 bits per heavy atom. The van der Waals surface area contributed by atoms with Gasteiger partial charge >= 0.3 is 6.18 Å². The molecule has 1 aromatic carbocycles. The lowest BCUT2D eigenvalue weighted by molar-refractivity contribution is -0.137. The van der Waals surface area contributed by atoms with Crippen LogP contribution < -0.4 is 5.32 Å². The van der Waals surface area contributed by atoms with E-state index in [-0.39, 0.29) is 23.6 Å². The van der Waals surface area contributed by atoms with Crippen LogP contribution in [0.4, 0.5) is 13.2 Å². The molecule has 0 saturated carbocycles. The van der Waals surface area contributed by atoms with Crippen LogP contribution in [-0.4, -0.2) is 32.7 Å². The Bertz CT molecular complexity index is 581. The van der Waals surface area contributed by atoms with Gasteiger partial charge in [0.1, 0.15) is 0 Å². The van der Waals surface area contributed by atoms with Gasteiger partial charge in [-0.15, -0.1) is 0 Å². The average Bonchev–Trinajstić information content (AvgIpc) is 2.75. The quantitative estimate of drug-likeness (QED) is 0.926. The zero-order valence-electron chi connectivity index (χ0n) is 11.5. The molecule has 1 heterocycles. The molecule has 4 nitrogen and oxygen atoms in total. The fourth-order valence-electron chi connectivity index (χ4n) is 2.10. The van der Waals surface area contributed by atoms with Gasteiger partial charge in [0, 0.05) is 14.2 Å². The maximum Gasteiger partial charge on any atom is 0.416 e. The molecule has 1 aliphatic heterocycles. The first-order valence-electron chi connectivity index (χ1n) is 6.18. The van der Waals surface area contributed by atoms with Crippen molar-refractivity contribution in [2.45, 2.75) is 12.3 Å². The van der Waals surface area contributed by atoms with Crippen molar-refractivity contribution in [2.75, 3.05) is 20.8 Å². The number of halogens is 3. The number of carbonyl (C=O) groups is 1. The predicted octanol–water partition coefficient (Wildman–Crippen LogP) is 2.21. The smallest absolute Gasteiger partial charge is 0.416 e. The molecule has 0 aromatic heterocycles. The van der Waals surface area contributed by atoms with Crippen LogP contribution >= 0.6 is 0 Å². The molecule has 0 aliphatic carbocycles. The number of nitrogens with one attached hydrogen (secondary N) is 1. The highest BCUT2D eigenvalue weighted by atomic mass is 19.4. The van der Waals surface area contributed by atoms with Gasteiger partial charge in [-0.1, -0.05) is 12.1 Å². The van der Waals surface area contributed by atoms with Crippen LogP contribution in [0.25, 0.3) is 5.57 Å². The number of hydrogen-bond acceptors (Lipinski definition) is 4. The topological polar surface area (TPSA) is 47.6 Å². The molecule has 0 spiro atoms. The molecule has 1 N–H and O–H groups in total. The van der Waals surface area contributed by atoms with Gasteiger partial charge in [-0.25, -0.2) is 0 Å². The van der Waals surface area contributed by atoms with Crippen molar-refractivity contribution in [3.8, 4) is 0 Å². The highest BCUT2D eigenvalue weighted by Gasteiger charge is 2.37. The maximum absolute atomic E-state index is 12.8. The van der Waals surface area contributed by atoms with Crippen LogP contribution in [0.2, 0.25) is 0 Å². The molecule has 0 saturated heterocycles. The second-order valence-corrected chi connectivity index (χ2v) is 4.46. The zero-order chi connectivity index (χ0) is 15.6. The third-order valence-corrected chi connectivity index (χ3v) is 3.05. The zero-order valence-corrected chi connectivity index (χ0v) is 11.5. The molecule has 0 radical (unpaired) electrons.